The van der Waals surface area contributed by atoms with Gasteiger partial charge in [0.1, 0.15) is 0 Å². The van der Waals surface area contributed by atoms with Crippen LogP contribution in [0.3, 0.4) is 0 Å². The number of piperidine rings is 1. The van der Waals surface area contributed by atoms with Crippen molar-refractivity contribution in [3.8, 4) is 0 Å². The van der Waals surface area contributed by atoms with Gasteiger partial charge in [-0.25, -0.2) is 9.97 Å². The quantitative estimate of drug-likeness (QED) is 0.708. The minimum absolute atomic E-state index is 0.00407. The zero-order chi connectivity index (χ0) is 19.2. The molecule has 3 aromatic heterocycles. The van der Waals surface area contributed by atoms with Gasteiger partial charge in [0, 0.05) is 62.6 Å². The van der Waals surface area contributed by atoms with Gasteiger partial charge in [0.25, 0.3) is 0 Å². The third kappa shape index (κ3) is 4.51. The summed E-state index contributed by atoms with van der Waals surface area (Å²) in [5.41, 5.74) is 1.02. The predicted molar refractivity (Wildman–Crippen MR) is 106 cm³/mol. The molecule has 1 amide bonds. The van der Waals surface area contributed by atoms with E-state index in [0.717, 1.165) is 38.0 Å². The van der Waals surface area contributed by atoms with Crippen LogP contribution in [0.25, 0.3) is 0 Å². The van der Waals surface area contributed by atoms with Crippen LogP contribution in [0.15, 0.2) is 55.1 Å². The fourth-order valence-corrected chi connectivity index (χ4v) is 3.38. The Morgan fingerprint density at radius 1 is 1.11 bits per heavy atom. The Morgan fingerprint density at radius 3 is 2.79 bits per heavy atom. The molecule has 1 saturated heterocycles. The summed E-state index contributed by atoms with van der Waals surface area (Å²) in [6.07, 6.45) is 9.71. The highest BCUT2D eigenvalue weighted by Gasteiger charge is 2.27. The number of carbonyl (C=O) groups excluding carboxylic acids is 1. The average Bonchev–Trinajstić information content (AvgIpc) is 3.21. The summed E-state index contributed by atoms with van der Waals surface area (Å²) >= 11 is 0. The maximum Gasteiger partial charge on any atom is 0.230 e. The molecule has 144 valence electrons. The van der Waals surface area contributed by atoms with Gasteiger partial charge in [-0.15, -0.1) is 0 Å². The molecule has 0 aromatic carbocycles. The second-order valence-corrected chi connectivity index (χ2v) is 6.86. The minimum Gasteiger partial charge on any atom is -0.340 e. The number of aryl methyl sites for hydroxylation is 2. The number of carbonyl (C=O) groups is 1. The van der Waals surface area contributed by atoms with Crippen LogP contribution in [-0.4, -0.2) is 43.7 Å². The van der Waals surface area contributed by atoms with E-state index in [-0.39, 0.29) is 11.8 Å². The molecule has 4 heterocycles. The SMILES string of the molecule is O=C(Nc1ccn(CCc2ccccn2)n1)[C@@H]1CCCN(c2ncccn2)C1. The Bertz CT molecular complexity index is 897. The molecule has 1 N–H and O–H groups in total. The van der Waals surface area contributed by atoms with Crippen molar-refractivity contribution < 1.29 is 4.79 Å². The molecule has 0 spiro atoms. The minimum atomic E-state index is -0.101. The van der Waals surface area contributed by atoms with E-state index < -0.39 is 0 Å². The van der Waals surface area contributed by atoms with Crippen molar-refractivity contribution in [1.29, 1.82) is 0 Å². The molecule has 8 nitrogen and oxygen atoms in total. The number of hydrogen-bond donors (Lipinski definition) is 1. The lowest BCUT2D eigenvalue weighted by molar-refractivity contribution is -0.120. The van der Waals surface area contributed by atoms with Gasteiger partial charge >= 0.3 is 0 Å². The Morgan fingerprint density at radius 2 is 1.96 bits per heavy atom. The van der Waals surface area contributed by atoms with Crippen molar-refractivity contribution in [1.82, 2.24) is 24.7 Å². The number of hydrogen-bond acceptors (Lipinski definition) is 6. The van der Waals surface area contributed by atoms with Crippen LogP contribution in [0.1, 0.15) is 18.5 Å². The molecular formula is C20H23N7O. The highest BCUT2D eigenvalue weighted by Crippen LogP contribution is 2.21. The number of rotatable bonds is 6. The van der Waals surface area contributed by atoms with E-state index in [0.29, 0.717) is 18.3 Å². The molecule has 1 atom stereocenters. The third-order valence-electron chi connectivity index (χ3n) is 4.84. The lowest BCUT2D eigenvalue weighted by Crippen LogP contribution is -2.41. The van der Waals surface area contributed by atoms with E-state index in [1.807, 2.05) is 35.1 Å². The van der Waals surface area contributed by atoms with Crippen molar-refractivity contribution >= 4 is 17.7 Å². The van der Waals surface area contributed by atoms with Gasteiger partial charge in [-0.2, -0.15) is 5.10 Å². The van der Waals surface area contributed by atoms with Crippen LogP contribution in [0, 0.1) is 5.92 Å². The first kappa shape index (κ1) is 18.1. The molecule has 1 aliphatic rings. The molecule has 0 aliphatic carbocycles. The maximum absolute atomic E-state index is 12.7. The first-order valence-electron chi connectivity index (χ1n) is 9.54. The largest absolute Gasteiger partial charge is 0.340 e. The van der Waals surface area contributed by atoms with E-state index in [4.69, 9.17) is 0 Å². The monoisotopic (exact) mass is 377 g/mol. The van der Waals surface area contributed by atoms with Gasteiger partial charge < -0.3 is 10.2 Å². The first-order valence-corrected chi connectivity index (χ1v) is 9.54. The van der Waals surface area contributed by atoms with Gasteiger partial charge in [-0.05, 0) is 31.0 Å². The van der Waals surface area contributed by atoms with E-state index in [1.54, 1.807) is 24.7 Å². The van der Waals surface area contributed by atoms with Crippen LogP contribution < -0.4 is 10.2 Å². The van der Waals surface area contributed by atoms with Crippen LogP contribution in [0.4, 0.5) is 11.8 Å². The zero-order valence-corrected chi connectivity index (χ0v) is 15.6. The van der Waals surface area contributed by atoms with E-state index in [9.17, 15) is 4.79 Å². The molecule has 4 rings (SSSR count). The van der Waals surface area contributed by atoms with E-state index in [1.165, 1.54) is 0 Å². The maximum atomic E-state index is 12.7. The molecule has 0 bridgehead atoms. The van der Waals surface area contributed by atoms with Gasteiger partial charge in [-0.3, -0.25) is 14.5 Å². The van der Waals surface area contributed by atoms with Crippen LogP contribution in [-0.2, 0) is 17.8 Å². The van der Waals surface area contributed by atoms with Crippen LogP contribution >= 0.6 is 0 Å². The van der Waals surface area contributed by atoms with Crippen LogP contribution in [0.2, 0.25) is 0 Å². The average molecular weight is 377 g/mol. The van der Waals surface area contributed by atoms with Crippen molar-refractivity contribution in [3.63, 3.8) is 0 Å². The fraction of sp³-hybridized carbons (Fsp3) is 0.350. The number of nitrogens with zero attached hydrogens (tertiary/aromatic N) is 6. The molecule has 28 heavy (non-hydrogen) atoms. The smallest absolute Gasteiger partial charge is 0.230 e. The lowest BCUT2D eigenvalue weighted by atomic mass is 9.97. The summed E-state index contributed by atoms with van der Waals surface area (Å²) in [6, 6.07) is 9.50. The molecule has 1 aliphatic heterocycles. The predicted octanol–water partition coefficient (Wildman–Crippen LogP) is 2.17. The number of nitrogens with one attached hydrogen (secondary N) is 1. The summed E-state index contributed by atoms with van der Waals surface area (Å²) in [5, 5.41) is 7.40. The Balaban J connectivity index is 1.31. The summed E-state index contributed by atoms with van der Waals surface area (Å²) in [6.45, 7) is 2.21. The normalized spacial score (nSPS) is 16.7. The number of anilines is 2. The summed E-state index contributed by atoms with van der Waals surface area (Å²) in [7, 11) is 0. The molecule has 0 saturated carbocycles. The molecule has 3 aromatic rings. The molecule has 8 heteroatoms. The Hall–Kier alpha value is -3.29. The second kappa shape index (κ2) is 8.60. The summed E-state index contributed by atoms with van der Waals surface area (Å²) < 4.78 is 1.83. The summed E-state index contributed by atoms with van der Waals surface area (Å²) in [4.78, 5) is 27.7. The molecule has 0 radical (unpaired) electrons. The van der Waals surface area contributed by atoms with E-state index in [2.05, 4.69) is 30.3 Å². The fourth-order valence-electron chi connectivity index (χ4n) is 3.38. The van der Waals surface area contributed by atoms with Crippen molar-refractivity contribution in [2.75, 3.05) is 23.3 Å². The van der Waals surface area contributed by atoms with Gasteiger partial charge in [0.2, 0.25) is 11.9 Å². The second-order valence-electron chi connectivity index (χ2n) is 6.86. The van der Waals surface area contributed by atoms with Crippen molar-refractivity contribution in [2.45, 2.75) is 25.8 Å². The Labute approximate surface area is 163 Å². The van der Waals surface area contributed by atoms with Gasteiger partial charge in [0.05, 0.1) is 5.92 Å². The molecule has 1 fully saturated rings. The van der Waals surface area contributed by atoms with Gasteiger partial charge in [0.15, 0.2) is 5.82 Å². The lowest BCUT2D eigenvalue weighted by Gasteiger charge is -2.31. The number of amides is 1. The third-order valence-corrected chi connectivity index (χ3v) is 4.84. The molecular weight excluding hydrogens is 354 g/mol. The number of pyridine rings is 1. The highest BCUT2D eigenvalue weighted by atomic mass is 16.2. The van der Waals surface area contributed by atoms with Crippen LogP contribution in [0.5, 0.6) is 0 Å². The topological polar surface area (TPSA) is 88.8 Å². The zero-order valence-electron chi connectivity index (χ0n) is 15.6. The van der Waals surface area contributed by atoms with Gasteiger partial charge in [-0.1, -0.05) is 6.07 Å². The van der Waals surface area contributed by atoms with Crippen molar-refractivity contribution in [2.24, 2.45) is 5.92 Å². The molecule has 0 unspecified atom stereocenters. The standard InChI is InChI=1S/C20H23N7O/c28-19(16-5-3-12-26(15-16)20-22-10-4-11-23-20)24-18-8-14-27(25-18)13-7-17-6-1-2-9-21-17/h1-2,4,6,8-11,14,16H,3,5,7,12-13,15H2,(H,24,25,28)/t16-/m1/s1. The Kier molecular flexibility index (Phi) is 5.56. The van der Waals surface area contributed by atoms with Crippen molar-refractivity contribution in [3.05, 3.63) is 60.8 Å². The van der Waals surface area contributed by atoms with E-state index >= 15 is 0 Å². The first-order chi connectivity index (χ1) is 13.8. The summed E-state index contributed by atoms with van der Waals surface area (Å²) in [5.74, 6) is 1.16. The highest BCUT2D eigenvalue weighted by molar-refractivity contribution is 5.92. The number of aromatic nitrogens is 5.